The molecule has 0 saturated heterocycles. The van der Waals surface area contributed by atoms with Crippen molar-refractivity contribution in [2.45, 2.75) is 20.8 Å². The van der Waals surface area contributed by atoms with Crippen molar-refractivity contribution in [2.24, 2.45) is 0 Å². The minimum absolute atomic E-state index is 1.10. The van der Waals surface area contributed by atoms with Gasteiger partial charge in [-0.15, -0.1) is 0 Å². The van der Waals surface area contributed by atoms with Gasteiger partial charge in [-0.25, -0.2) is 0 Å². The average molecular weight is 681 g/mol. The number of hydrogen-bond acceptors (Lipinski definition) is 1. The van der Waals surface area contributed by atoms with E-state index in [9.17, 15) is 0 Å². The van der Waals surface area contributed by atoms with Crippen molar-refractivity contribution in [3.8, 4) is 39.1 Å². The molecule has 0 amide bonds. The van der Waals surface area contributed by atoms with Crippen LogP contribution in [-0.4, -0.2) is 4.57 Å². The van der Waals surface area contributed by atoms with E-state index >= 15 is 0 Å². The molecule has 0 aliphatic rings. The molecule has 2 nitrogen and oxygen atoms in total. The molecule has 0 aliphatic carbocycles. The zero-order chi connectivity index (χ0) is 35.9. The highest BCUT2D eigenvalue weighted by Crippen LogP contribution is 2.42. The quantitative estimate of drug-likeness (QED) is 0.163. The summed E-state index contributed by atoms with van der Waals surface area (Å²) >= 11 is 0. The maximum Gasteiger partial charge on any atom is 0.0569 e. The summed E-state index contributed by atoms with van der Waals surface area (Å²) in [5.74, 6) is 0. The Morgan fingerprint density at radius 2 is 0.868 bits per heavy atom. The smallest absolute Gasteiger partial charge is 0.0569 e. The van der Waals surface area contributed by atoms with Crippen molar-refractivity contribution >= 4 is 38.9 Å². The summed E-state index contributed by atoms with van der Waals surface area (Å²) in [5.41, 5.74) is 18.0. The monoisotopic (exact) mass is 680 g/mol. The molecule has 0 atom stereocenters. The molecule has 0 unspecified atom stereocenters. The van der Waals surface area contributed by atoms with E-state index in [1.807, 2.05) is 0 Å². The van der Waals surface area contributed by atoms with E-state index in [1.165, 1.54) is 77.6 Å². The SMILES string of the molecule is Cc1ccc(-c2cccc(C)c2-n2c3ccccc3c3ccc(N(c4ccc(-c5ccccc5)cc4)c4ccc(-c5ccccc5)cc4)cc32)cc1C. The first-order valence-electron chi connectivity index (χ1n) is 18.4. The number of anilines is 3. The standard InChI is InChI=1S/C51H40N2/c1-35-21-22-42(33-37(35)3)46-19-12-13-36(2)51(46)53-49-20-11-10-18-47(49)48-32-31-45(34-50(48)53)52(43-27-23-40(24-28-43)38-14-6-4-7-15-38)44-29-25-41(26-30-44)39-16-8-5-9-17-39/h4-34H,1-3H3. The highest BCUT2D eigenvalue weighted by Gasteiger charge is 2.20. The van der Waals surface area contributed by atoms with Gasteiger partial charge in [-0.3, -0.25) is 0 Å². The highest BCUT2D eigenvalue weighted by atomic mass is 15.1. The van der Waals surface area contributed by atoms with Crippen molar-refractivity contribution in [1.82, 2.24) is 4.57 Å². The Morgan fingerprint density at radius 3 is 1.49 bits per heavy atom. The number of para-hydroxylation sites is 2. The number of aromatic nitrogens is 1. The number of nitrogens with zero attached hydrogens (tertiary/aromatic N) is 2. The van der Waals surface area contributed by atoms with Gasteiger partial charge in [0.05, 0.1) is 16.7 Å². The molecule has 0 N–H and O–H groups in total. The van der Waals surface area contributed by atoms with E-state index in [0.29, 0.717) is 0 Å². The largest absolute Gasteiger partial charge is 0.310 e. The number of aryl methyl sites for hydroxylation is 3. The van der Waals surface area contributed by atoms with E-state index in [2.05, 4.69) is 218 Å². The lowest BCUT2D eigenvalue weighted by Crippen LogP contribution is -2.10. The van der Waals surface area contributed by atoms with Crippen molar-refractivity contribution in [2.75, 3.05) is 4.90 Å². The first kappa shape index (κ1) is 32.3. The van der Waals surface area contributed by atoms with E-state index in [1.54, 1.807) is 0 Å². The predicted octanol–water partition coefficient (Wildman–Crippen LogP) is 14.2. The molecular formula is C51H40N2. The van der Waals surface area contributed by atoms with Gasteiger partial charge >= 0.3 is 0 Å². The fourth-order valence-corrected chi connectivity index (χ4v) is 7.75. The molecule has 0 spiro atoms. The third kappa shape index (κ3) is 5.89. The lowest BCUT2D eigenvalue weighted by Gasteiger charge is -2.26. The fourth-order valence-electron chi connectivity index (χ4n) is 7.75. The first-order chi connectivity index (χ1) is 26.0. The van der Waals surface area contributed by atoms with Gasteiger partial charge in [0.2, 0.25) is 0 Å². The first-order valence-corrected chi connectivity index (χ1v) is 18.4. The minimum atomic E-state index is 1.10. The fraction of sp³-hybridized carbons (Fsp3) is 0.0588. The zero-order valence-electron chi connectivity index (χ0n) is 30.3. The molecule has 0 fully saturated rings. The van der Waals surface area contributed by atoms with Crippen LogP contribution in [-0.2, 0) is 0 Å². The topological polar surface area (TPSA) is 8.17 Å². The van der Waals surface area contributed by atoms with Gasteiger partial charge < -0.3 is 9.47 Å². The zero-order valence-corrected chi connectivity index (χ0v) is 30.3. The van der Waals surface area contributed by atoms with Crippen LogP contribution in [0.5, 0.6) is 0 Å². The van der Waals surface area contributed by atoms with Crippen LogP contribution in [0.3, 0.4) is 0 Å². The van der Waals surface area contributed by atoms with Gasteiger partial charge in [0, 0.05) is 33.4 Å². The summed E-state index contributed by atoms with van der Waals surface area (Å²) in [4.78, 5) is 2.38. The van der Waals surface area contributed by atoms with E-state index in [0.717, 1.165) is 17.1 Å². The van der Waals surface area contributed by atoms with Crippen LogP contribution in [0.1, 0.15) is 16.7 Å². The minimum Gasteiger partial charge on any atom is -0.310 e. The summed E-state index contributed by atoms with van der Waals surface area (Å²) in [6.07, 6.45) is 0. The highest BCUT2D eigenvalue weighted by molar-refractivity contribution is 6.11. The van der Waals surface area contributed by atoms with Crippen LogP contribution >= 0.6 is 0 Å². The van der Waals surface area contributed by atoms with Gasteiger partial charge in [0.15, 0.2) is 0 Å². The lowest BCUT2D eigenvalue weighted by molar-refractivity contribution is 1.15. The molecule has 1 aromatic heterocycles. The maximum atomic E-state index is 2.49. The molecule has 1 heterocycles. The Balaban J connectivity index is 1.26. The van der Waals surface area contributed by atoms with Gasteiger partial charge in [-0.05, 0) is 108 Å². The molecule has 0 bridgehead atoms. The van der Waals surface area contributed by atoms with Gasteiger partial charge in [0.25, 0.3) is 0 Å². The lowest BCUT2D eigenvalue weighted by atomic mass is 9.97. The molecule has 9 rings (SSSR count). The Morgan fingerprint density at radius 1 is 0.340 bits per heavy atom. The number of rotatable bonds is 7. The molecule has 254 valence electrons. The number of hydrogen-bond donors (Lipinski definition) is 0. The maximum absolute atomic E-state index is 2.49. The second kappa shape index (κ2) is 13.5. The number of fused-ring (bicyclic) bond motifs is 3. The van der Waals surface area contributed by atoms with Crippen LogP contribution in [0, 0.1) is 20.8 Å². The molecule has 0 aliphatic heterocycles. The van der Waals surface area contributed by atoms with Crippen LogP contribution in [0.25, 0.3) is 60.9 Å². The van der Waals surface area contributed by atoms with E-state index < -0.39 is 0 Å². The summed E-state index contributed by atoms with van der Waals surface area (Å²) in [5, 5.41) is 2.48. The third-order valence-corrected chi connectivity index (χ3v) is 10.7. The van der Waals surface area contributed by atoms with Crippen LogP contribution in [0.4, 0.5) is 17.1 Å². The van der Waals surface area contributed by atoms with Crippen molar-refractivity contribution < 1.29 is 0 Å². The second-order valence-corrected chi connectivity index (χ2v) is 14.0. The normalized spacial score (nSPS) is 11.3. The molecule has 53 heavy (non-hydrogen) atoms. The Hall–Kier alpha value is -6.64. The van der Waals surface area contributed by atoms with Crippen LogP contribution in [0.15, 0.2) is 188 Å². The van der Waals surface area contributed by atoms with E-state index in [-0.39, 0.29) is 0 Å². The van der Waals surface area contributed by atoms with Crippen molar-refractivity contribution in [3.63, 3.8) is 0 Å². The Kier molecular flexibility index (Phi) is 8.21. The number of benzene rings is 8. The summed E-state index contributed by atoms with van der Waals surface area (Å²) in [6, 6.07) is 68.4. The van der Waals surface area contributed by atoms with Crippen LogP contribution in [0.2, 0.25) is 0 Å². The molecular weight excluding hydrogens is 641 g/mol. The third-order valence-electron chi connectivity index (χ3n) is 10.7. The second-order valence-electron chi connectivity index (χ2n) is 14.0. The van der Waals surface area contributed by atoms with Crippen molar-refractivity contribution in [3.05, 3.63) is 205 Å². The Bertz CT molecular complexity index is 2640. The van der Waals surface area contributed by atoms with Crippen molar-refractivity contribution in [1.29, 1.82) is 0 Å². The summed E-state index contributed by atoms with van der Waals surface area (Å²) in [6.45, 7) is 6.62. The molecule has 2 heteroatoms. The van der Waals surface area contributed by atoms with Gasteiger partial charge in [-0.1, -0.05) is 146 Å². The summed E-state index contributed by atoms with van der Waals surface area (Å²) in [7, 11) is 0. The molecule has 0 radical (unpaired) electrons. The van der Waals surface area contributed by atoms with E-state index in [4.69, 9.17) is 0 Å². The molecule has 9 aromatic rings. The molecule has 8 aromatic carbocycles. The average Bonchev–Trinajstić information content (AvgIpc) is 3.53. The summed E-state index contributed by atoms with van der Waals surface area (Å²) < 4.78 is 2.49. The van der Waals surface area contributed by atoms with Crippen LogP contribution < -0.4 is 4.90 Å². The predicted molar refractivity (Wildman–Crippen MR) is 226 cm³/mol. The van der Waals surface area contributed by atoms with Gasteiger partial charge in [0.1, 0.15) is 0 Å². The Labute approximate surface area is 311 Å². The molecule has 0 saturated carbocycles. The van der Waals surface area contributed by atoms with Gasteiger partial charge in [-0.2, -0.15) is 0 Å².